The molecule has 0 radical (unpaired) electrons. The van der Waals surface area contributed by atoms with Crippen molar-refractivity contribution < 1.29 is 14.6 Å². The maximum Gasteiger partial charge on any atom is 0.308 e. The van der Waals surface area contributed by atoms with Crippen LogP contribution in [-0.2, 0) is 9.53 Å². The molecule has 0 aromatic carbocycles. The van der Waals surface area contributed by atoms with Crippen LogP contribution in [0.25, 0.3) is 0 Å². The fourth-order valence-electron chi connectivity index (χ4n) is 1.48. The predicted octanol–water partition coefficient (Wildman–Crippen LogP) is 1.52. The van der Waals surface area contributed by atoms with Crippen LogP contribution in [0.5, 0.6) is 0 Å². The number of carbonyl (C=O) groups is 1. The van der Waals surface area contributed by atoms with Gasteiger partial charge >= 0.3 is 5.97 Å². The van der Waals surface area contributed by atoms with Crippen LogP contribution in [0.2, 0.25) is 0 Å². The second-order valence-corrected chi connectivity index (χ2v) is 4.34. The van der Waals surface area contributed by atoms with E-state index in [0.717, 1.165) is 6.42 Å². The highest BCUT2D eigenvalue weighted by molar-refractivity contribution is 5.70. The van der Waals surface area contributed by atoms with Gasteiger partial charge in [0, 0.05) is 0 Å². The first kappa shape index (κ1) is 9.52. The first-order chi connectivity index (χ1) is 5.42. The molecular weight excluding hydrogens is 156 g/mol. The van der Waals surface area contributed by atoms with Crippen LogP contribution in [-0.4, -0.2) is 23.8 Å². The average Bonchev–Trinajstić information content (AvgIpc) is 2.28. The maximum absolute atomic E-state index is 10.6. The van der Waals surface area contributed by atoms with Crippen LogP contribution in [0.1, 0.15) is 27.2 Å². The molecule has 12 heavy (non-hydrogen) atoms. The van der Waals surface area contributed by atoms with E-state index < -0.39 is 5.97 Å². The molecule has 70 valence electrons. The molecule has 1 N–H and O–H groups in total. The van der Waals surface area contributed by atoms with Crippen LogP contribution in [0.15, 0.2) is 0 Å². The zero-order valence-electron chi connectivity index (χ0n) is 7.83. The largest absolute Gasteiger partial charge is 0.481 e. The summed E-state index contributed by atoms with van der Waals surface area (Å²) in [7, 11) is 0. The highest BCUT2D eigenvalue weighted by Gasteiger charge is 2.37. The summed E-state index contributed by atoms with van der Waals surface area (Å²) in [6.07, 6.45) is 0.748. The number of hydrogen-bond donors (Lipinski definition) is 1. The lowest BCUT2D eigenvalue weighted by atomic mass is 9.87. The van der Waals surface area contributed by atoms with Gasteiger partial charge in [0.1, 0.15) is 0 Å². The lowest BCUT2D eigenvalue weighted by Gasteiger charge is -2.16. The summed E-state index contributed by atoms with van der Waals surface area (Å²) < 4.78 is 5.41. The van der Waals surface area contributed by atoms with Gasteiger partial charge in [-0.3, -0.25) is 4.79 Å². The Morgan fingerprint density at radius 2 is 2.25 bits per heavy atom. The van der Waals surface area contributed by atoms with E-state index in [1.807, 2.05) is 0 Å². The van der Waals surface area contributed by atoms with E-state index in [9.17, 15) is 4.79 Å². The second kappa shape index (κ2) is 3.05. The molecular formula is C9H16O3. The van der Waals surface area contributed by atoms with Gasteiger partial charge in [-0.2, -0.15) is 0 Å². The number of ether oxygens (including phenoxy) is 1. The zero-order valence-corrected chi connectivity index (χ0v) is 7.83. The second-order valence-electron chi connectivity index (χ2n) is 4.34. The van der Waals surface area contributed by atoms with Gasteiger partial charge in [-0.25, -0.2) is 0 Å². The molecule has 1 heterocycles. The Morgan fingerprint density at radius 1 is 1.67 bits per heavy atom. The molecule has 1 aliphatic rings. The van der Waals surface area contributed by atoms with E-state index in [2.05, 4.69) is 13.8 Å². The third-order valence-corrected chi connectivity index (χ3v) is 2.39. The van der Waals surface area contributed by atoms with Gasteiger partial charge in [0.25, 0.3) is 0 Å². The Kier molecular flexibility index (Phi) is 2.42. The molecule has 0 amide bonds. The molecule has 3 heteroatoms. The normalized spacial score (nSPS) is 30.1. The molecule has 0 bridgehead atoms. The molecule has 1 aliphatic heterocycles. The molecule has 1 fully saturated rings. The minimum Gasteiger partial charge on any atom is -0.481 e. The molecule has 2 unspecified atom stereocenters. The Labute approximate surface area is 72.7 Å². The molecule has 0 saturated carbocycles. The minimum absolute atomic E-state index is 0.0995. The highest BCUT2D eigenvalue weighted by atomic mass is 16.5. The van der Waals surface area contributed by atoms with Gasteiger partial charge in [0.05, 0.1) is 18.6 Å². The van der Waals surface area contributed by atoms with Gasteiger partial charge in [0.2, 0.25) is 0 Å². The fraction of sp³-hybridized carbons (Fsp3) is 0.889. The molecule has 0 spiro atoms. The number of carboxylic acid groups (broad SMARTS) is 1. The van der Waals surface area contributed by atoms with Crippen molar-refractivity contribution in [1.29, 1.82) is 0 Å². The van der Waals surface area contributed by atoms with Gasteiger partial charge < -0.3 is 9.84 Å². The lowest BCUT2D eigenvalue weighted by molar-refractivity contribution is -0.145. The number of aliphatic carboxylic acids is 1. The van der Waals surface area contributed by atoms with Crippen LogP contribution >= 0.6 is 0 Å². The van der Waals surface area contributed by atoms with Crippen molar-refractivity contribution in [2.75, 3.05) is 6.61 Å². The minimum atomic E-state index is -0.766. The summed E-state index contributed by atoms with van der Waals surface area (Å²) in [5.41, 5.74) is 0.147. The average molecular weight is 172 g/mol. The molecule has 0 aliphatic carbocycles. The SMILES string of the molecule is CC(C(=O)O)C1CC(C)(C)CO1. The summed E-state index contributed by atoms with van der Waals surface area (Å²) in [4.78, 5) is 10.6. The lowest BCUT2D eigenvalue weighted by Crippen LogP contribution is -2.25. The van der Waals surface area contributed by atoms with E-state index in [1.165, 1.54) is 0 Å². The third kappa shape index (κ3) is 1.97. The molecule has 0 aromatic heterocycles. The van der Waals surface area contributed by atoms with Gasteiger partial charge in [-0.05, 0) is 18.8 Å². The summed E-state index contributed by atoms with van der Waals surface area (Å²) in [6, 6.07) is 0. The predicted molar refractivity (Wildman–Crippen MR) is 44.9 cm³/mol. The monoisotopic (exact) mass is 172 g/mol. The smallest absolute Gasteiger partial charge is 0.308 e. The topological polar surface area (TPSA) is 46.5 Å². The van der Waals surface area contributed by atoms with E-state index >= 15 is 0 Å². The Balaban J connectivity index is 2.52. The van der Waals surface area contributed by atoms with Gasteiger partial charge in [-0.15, -0.1) is 0 Å². The summed E-state index contributed by atoms with van der Waals surface area (Å²) in [6.45, 7) is 6.58. The molecule has 2 atom stereocenters. The quantitative estimate of drug-likeness (QED) is 0.687. The first-order valence-corrected chi connectivity index (χ1v) is 4.27. The molecule has 3 nitrogen and oxygen atoms in total. The van der Waals surface area contributed by atoms with E-state index in [-0.39, 0.29) is 17.4 Å². The van der Waals surface area contributed by atoms with E-state index in [4.69, 9.17) is 9.84 Å². The molecule has 1 rings (SSSR count). The van der Waals surface area contributed by atoms with Gasteiger partial charge in [0.15, 0.2) is 0 Å². The van der Waals surface area contributed by atoms with Crippen molar-refractivity contribution in [2.45, 2.75) is 33.3 Å². The summed E-state index contributed by atoms with van der Waals surface area (Å²) >= 11 is 0. The van der Waals surface area contributed by atoms with Crippen LogP contribution in [0, 0.1) is 11.3 Å². The first-order valence-electron chi connectivity index (χ1n) is 4.27. The number of hydrogen-bond acceptors (Lipinski definition) is 2. The van der Waals surface area contributed by atoms with Crippen LogP contribution in [0.4, 0.5) is 0 Å². The summed E-state index contributed by atoms with van der Waals surface area (Å²) in [5, 5.41) is 8.73. The Morgan fingerprint density at radius 3 is 2.58 bits per heavy atom. The van der Waals surface area contributed by atoms with Crippen molar-refractivity contribution in [3.05, 3.63) is 0 Å². The van der Waals surface area contributed by atoms with Crippen LogP contribution < -0.4 is 0 Å². The maximum atomic E-state index is 10.6. The highest BCUT2D eigenvalue weighted by Crippen LogP contribution is 2.34. The van der Waals surface area contributed by atoms with E-state index in [1.54, 1.807) is 6.92 Å². The van der Waals surface area contributed by atoms with Gasteiger partial charge in [-0.1, -0.05) is 13.8 Å². The van der Waals surface area contributed by atoms with Crippen molar-refractivity contribution in [1.82, 2.24) is 0 Å². The number of rotatable bonds is 2. The Hall–Kier alpha value is -0.570. The third-order valence-electron chi connectivity index (χ3n) is 2.39. The molecule has 0 aromatic rings. The fourth-order valence-corrected chi connectivity index (χ4v) is 1.48. The zero-order chi connectivity index (χ0) is 9.35. The van der Waals surface area contributed by atoms with Crippen molar-refractivity contribution in [3.8, 4) is 0 Å². The van der Waals surface area contributed by atoms with Crippen molar-refractivity contribution >= 4 is 5.97 Å². The van der Waals surface area contributed by atoms with Crippen LogP contribution in [0.3, 0.4) is 0 Å². The van der Waals surface area contributed by atoms with E-state index in [0.29, 0.717) is 6.61 Å². The standard InChI is InChI=1S/C9H16O3/c1-6(8(10)11)7-4-9(2,3)5-12-7/h6-7H,4-5H2,1-3H3,(H,10,11). The van der Waals surface area contributed by atoms with Crippen molar-refractivity contribution in [2.24, 2.45) is 11.3 Å². The van der Waals surface area contributed by atoms with Crippen molar-refractivity contribution in [3.63, 3.8) is 0 Å². The Bertz CT molecular complexity index is 186. The molecule has 1 saturated heterocycles. The number of carboxylic acids is 1. The summed E-state index contributed by atoms with van der Waals surface area (Å²) in [5.74, 6) is -1.15.